The Kier molecular flexibility index (Phi) is 3.50. The molecule has 1 aliphatic rings. The zero-order valence-corrected chi connectivity index (χ0v) is 7.77. The van der Waals surface area contributed by atoms with Gasteiger partial charge in [-0.1, -0.05) is 12.7 Å². The molecule has 0 aliphatic carbocycles. The number of amides is 1. The highest BCUT2D eigenvalue weighted by Gasteiger charge is 2.30. The molecule has 14 heavy (non-hydrogen) atoms. The summed E-state index contributed by atoms with van der Waals surface area (Å²) < 4.78 is 4.73. The molecule has 1 saturated heterocycles. The number of carboxylic acids is 1. The minimum atomic E-state index is -1.22. The molecule has 0 aromatic rings. The summed E-state index contributed by atoms with van der Waals surface area (Å²) in [6.45, 7) is 3.89. The lowest BCUT2D eigenvalue weighted by molar-refractivity contribution is -0.310. The van der Waals surface area contributed by atoms with E-state index in [1.165, 1.54) is 11.0 Å². The second-order valence-electron chi connectivity index (χ2n) is 3.04. The summed E-state index contributed by atoms with van der Waals surface area (Å²) >= 11 is 0. The van der Waals surface area contributed by atoms with Crippen molar-refractivity contribution in [1.82, 2.24) is 4.90 Å². The topological polar surface area (TPSA) is 69.7 Å². The van der Waals surface area contributed by atoms with Crippen molar-refractivity contribution in [3.05, 3.63) is 12.7 Å². The Bertz CT molecular complexity index is 251. The van der Waals surface area contributed by atoms with Gasteiger partial charge in [0, 0.05) is 6.54 Å². The smallest absolute Gasteiger partial charge is 0.410 e. The van der Waals surface area contributed by atoms with Crippen molar-refractivity contribution in [1.29, 1.82) is 0 Å². The molecule has 0 saturated carbocycles. The quantitative estimate of drug-likeness (QED) is 0.574. The number of carbonyl (C=O) groups excluding carboxylic acids is 2. The lowest BCUT2D eigenvalue weighted by Gasteiger charge is -2.24. The van der Waals surface area contributed by atoms with Gasteiger partial charge in [0.2, 0.25) is 0 Å². The van der Waals surface area contributed by atoms with Crippen LogP contribution in [0.4, 0.5) is 4.79 Å². The average Bonchev–Trinajstić information content (AvgIpc) is 2.62. The van der Waals surface area contributed by atoms with Gasteiger partial charge < -0.3 is 14.6 Å². The molecule has 0 aromatic carbocycles. The fraction of sp³-hybridized carbons (Fsp3) is 0.556. The molecule has 0 N–H and O–H groups in total. The van der Waals surface area contributed by atoms with Crippen LogP contribution in [0.5, 0.6) is 0 Å². The lowest BCUT2D eigenvalue weighted by atomic mass is 10.2. The zero-order valence-electron chi connectivity index (χ0n) is 7.77. The van der Waals surface area contributed by atoms with Gasteiger partial charge in [0.15, 0.2) is 0 Å². The highest BCUT2D eigenvalue weighted by atomic mass is 16.6. The summed E-state index contributed by atoms with van der Waals surface area (Å²) in [6.07, 6.45) is 1.92. The highest BCUT2D eigenvalue weighted by molar-refractivity contribution is 5.79. The molecule has 1 aliphatic heterocycles. The number of rotatable bonds is 3. The molecule has 0 bridgehead atoms. The first-order chi connectivity index (χ1) is 6.66. The van der Waals surface area contributed by atoms with E-state index < -0.39 is 18.1 Å². The second-order valence-corrected chi connectivity index (χ2v) is 3.04. The number of carboxylic acid groups (broad SMARTS) is 1. The molecule has 0 unspecified atom stereocenters. The van der Waals surface area contributed by atoms with Gasteiger partial charge in [-0.3, -0.25) is 4.90 Å². The molecule has 0 radical (unpaired) electrons. The van der Waals surface area contributed by atoms with E-state index in [0.717, 1.165) is 0 Å². The number of likely N-dealkylation sites (tertiary alicyclic amines) is 1. The van der Waals surface area contributed by atoms with Gasteiger partial charge in [-0.15, -0.1) is 0 Å². The van der Waals surface area contributed by atoms with Crippen molar-refractivity contribution >= 4 is 12.1 Å². The van der Waals surface area contributed by atoms with Crippen LogP contribution in [0.15, 0.2) is 12.7 Å². The summed E-state index contributed by atoms with van der Waals surface area (Å²) in [6, 6.07) is -0.840. The minimum absolute atomic E-state index is 0.0924. The number of hydrogen-bond acceptors (Lipinski definition) is 4. The molecular formula is C9H12NO4-. The van der Waals surface area contributed by atoms with Gasteiger partial charge in [0.1, 0.15) is 6.61 Å². The third kappa shape index (κ3) is 2.25. The number of ether oxygens (including phenoxy) is 1. The molecule has 1 amide bonds. The van der Waals surface area contributed by atoms with Crippen LogP contribution in [0.1, 0.15) is 12.8 Å². The van der Waals surface area contributed by atoms with Crippen molar-refractivity contribution in [3.8, 4) is 0 Å². The summed E-state index contributed by atoms with van der Waals surface area (Å²) in [5.41, 5.74) is 0. The van der Waals surface area contributed by atoms with E-state index in [1.54, 1.807) is 0 Å². The van der Waals surface area contributed by atoms with E-state index >= 15 is 0 Å². The second kappa shape index (κ2) is 4.64. The van der Waals surface area contributed by atoms with Gasteiger partial charge in [-0.25, -0.2) is 4.79 Å². The largest absolute Gasteiger partial charge is 0.548 e. The SMILES string of the molecule is C=CCOC(=O)N1CCC[C@H]1C(=O)[O-]. The van der Waals surface area contributed by atoms with E-state index in [1.807, 2.05) is 0 Å². The van der Waals surface area contributed by atoms with E-state index in [9.17, 15) is 14.7 Å². The van der Waals surface area contributed by atoms with E-state index in [0.29, 0.717) is 19.4 Å². The maximum absolute atomic E-state index is 11.3. The summed E-state index contributed by atoms with van der Waals surface area (Å²) in [5, 5.41) is 10.6. The Balaban J connectivity index is 2.53. The van der Waals surface area contributed by atoms with Crippen molar-refractivity contribution in [2.24, 2.45) is 0 Å². The first-order valence-corrected chi connectivity index (χ1v) is 4.42. The van der Waals surface area contributed by atoms with Crippen molar-refractivity contribution in [2.45, 2.75) is 18.9 Å². The monoisotopic (exact) mass is 198 g/mol. The fourth-order valence-electron chi connectivity index (χ4n) is 1.44. The lowest BCUT2D eigenvalue weighted by Crippen LogP contribution is -2.47. The fourth-order valence-corrected chi connectivity index (χ4v) is 1.44. The van der Waals surface area contributed by atoms with Crippen LogP contribution in [0.25, 0.3) is 0 Å². The van der Waals surface area contributed by atoms with E-state index in [-0.39, 0.29) is 6.61 Å². The molecule has 0 spiro atoms. The van der Waals surface area contributed by atoms with Crippen LogP contribution in [-0.2, 0) is 9.53 Å². The standard InChI is InChI=1S/C9H13NO4/c1-2-6-14-9(13)10-5-3-4-7(10)8(11)12/h2,7H,1,3-6H2,(H,11,12)/p-1/t7-/m0/s1. The molecule has 5 heteroatoms. The van der Waals surface area contributed by atoms with Gasteiger partial charge in [0.25, 0.3) is 0 Å². The number of hydrogen-bond donors (Lipinski definition) is 0. The number of carbonyl (C=O) groups is 2. The average molecular weight is 198 g/mol. The predicted octanol–water partition coefficient (Wildman–Crippen LogP) is -0.477. The molecule has 78 valence electrons. The third-order valence-electron chi connectivity index (χ3n) is 2.08. The van der Waals surface area contributed by atoms with Crippen LogP contribution in [0, 0.1) is 0 Å². The van der Waals surface area contributed by atoms with Crippen LogP contribution in [-0.4, -0.2) is 36.2 Å². The summed E-state index contributed by atoms with van der Waals surface area (Å²) in [5.74, 6) is -1.22. The Hall–Kier alpha value is -1.52. The third-order valence-corrected chi connectivity index (χ3v) is 2.08. The van der Waals surface area contributed by atoms with Crippen molar-refractivity contribution < 1.29 is 19.4 Å². The molecule has 1 fully saturated rings. The van der Waals surface area contributed by atoms with Crippen LogP contribution in [0.3, 0.4) is 0 Å². The predicted molar refractivity (Wildman–Crippen MR) is 46.3 cm³/mol. The van der Waals surface area contributed by atoms with Gasteiger partial charge in [0.05, 0.1) is 12.0 Å². The first-order valence-electron chi connectivity index (χ1n) is 4.42. The van der Waals surface area contributed by atoms with Crippen LogP contribution < -0.4 is 5.11 Å². The van der Waals surface area contributed by atoms with Gasteiger partial charge >= 0.3 is 6.09 Å². The van der Waals surface area contributed by atoms with Crippen molar-refractivity contribution in [2.75, 3.05) is 13.2 Å². The molecule has 1 atom stereocenters. The molecule has 0 aromatic heterocycles. The minimum Gasteiger partial charge on any atom is -0.548 e. The molecule has 1 rings (SSSR count). The van der Waals surface area contributed by atoms with Crippen LogP contribution in [0.2, 0.25) is 0 Å². The van der Waals surface area contributed by atoms with E-state index in [2.05, 4.69) is 6.58 Å². The maximum Gasteiger partial charge on any atom is 0.410 e. The zero-order chi connectivity index (χ0) is 10.6. The maximum atomic E-state index is 11.3. The first kappa shape index (κ1) is 10.6. The molecule has 1 heterocycles. The van der Waals surface area contributed by atoms with E-state index in [4.69, 9.17) is 4.74 Å². The number of aliphatic carboxylic acids is 1. The van der Waals surface area contributed by atoms with Crippen molar-refractivity contribution in [3.63, 3.8) is 0 Å². The van der Waals surface area contributed by atoms with Crippen LogP contribution >= 0.6 is 0 Å². The van der Waals surface area contributed by atoms with Gasteiger partial charge in [-0.2, -0.15) is 0 Å². The Morgan fingerprint density at radius 3 is 2.93 bits per heavy atom. The molecular weight excluding hydrogens is 186 g/mol. The Labute approximate surface area is 82.0 Å². The summed E-state index contributed by atoms with van der Waals surface area (Å²) in [4.78, 5) is 23.1. The molecule has 5 nitrogen and oxygen atoms in total. The summed E-state index contributed by atoms with van der Waals surface area (Å²) in [7, 11) is 0. The number of nitrogens with zero attached hydrogens (tertiary/aromatic N) is 1. The normalized spacial score (nSPS) is 20.6. The Morgan fingerprint density at radius 2 is 2.36 bits per heavy atom. The Morgan fingerprint density at radius 1 is 1.64 bits per heavy atom. The highest BCUT2D eigenvalue weighted by Crippen LogP contribution is 2.17. The van der Waals surface area contributed by atoms with Gasteiger partial charge in [-0.05, 0) is 12.8 Å².